The standard InChI is InChI=1S/C21H21FN2O3S/c1-13-10-16(27-24-13)12-28-20-7-5-4-6-17(20)21(25)23-14(2)15-8-9-19(26-3)18(22)11-15/h4-11,14H,12H2,1-3H3,(H,23,25)/t14-/m1/s1. The molecule has 5 nitrogen and oxygen atoms in total. The predicted molar refractivity (Wildman–Crippen MR) is 106 cm³/mol. The average molecular weight is 400 g/mol. The third-order valence-corrected chi connectivity index (χ3v) is 5.30. The van der Waals surface area contributed by atoms with E-state index in [0.29, 0.717) is 16.9 Å². The first-order valence-corrected chi connectivity index (χ1v) is 9.75. The van der Waals surface area contributed by atoms with Gasteiger partial charge in [0, 0.05) is 11.0 Å². The molecule has 146 valence electrons. The van der Waals surface area contributed by atoms with E-state index in [0.717, 1.165) is 16.3 Å². The lowest BCUT2D eigenvalue weighted by Crippen LogP contribution is -2.27. The van der Waals surface area contributed by atoms with Crippen molar-refractivity contribution in [2.75, 3.05) is 7.11 Å². The molecule has 2 aromatic carbocycles. The third kappa shape index (κ3) is 4.72. The minimum absolute atomic E-state index is 0.173. The number of aromatic nitrogens is 1. The summed E-state index contributed by atoms with van der Waals surface area (Å²) in [6.45, 7) is 3.68. The molecular formula is C21H21FN2O3S. The van der Waals surface area contributed by atoms with Gasteiger partial charge in [-0.25, -0.2) is 4.39 Å². The molecule has 0 fully saturated rings. The maximum atomic E-state index is 13.9. The van der Waals surface area contributed by atoms with Crippen molar-refractivity contribution in [2.45, 2.75) is 30.5 Å². The number of nitrogens with zero attached hydrogens (tertiary/aromatic N) is 1. The molecule has 28 heavy (non-hydrogen) atoms. The Hall–Kier alpha value is -2.80. The number of halogens is 1. The van der Waals surface area contributed by atoms with Crippen LogP contribution in [0.1, 0.15) is 40.3 Å². The molecule has 1 heterocycles. The highest BCUT2D eigenvalue weighted by atomic mass is 32.2. The van der Waals surface area contributed by atoms with E-state index in [2.05, 4.69) is 10.5 Å². The normalized spacial score (nSPS) is 11.9. The molecule has 0 spiro atoms. The van der Waals surface area contributed by atoms with Crippen molar-refractivity contribution < 1.29 is 18.4 Å². The van der Waals surface area contributed by atoms with E-state index in [1.165, 1.54) is 24.9 Å². The van der Waals surface area contributed by atoms with Gasteiger partial charge in [-0.15, -0.1) is 11.8 Å². The van der Waals surface area contributed by atoms with Gasteiger partial charge in [-0.2, -0.15) is 0 Å². The summed E-state index contributed by atoms with van der Waals surface area (Å²) in [6, 6.07) is 13.5. The van der Waals surface area contributed by atoms with E-state index in [1.807, 2.05) is 38.1 Å². The number of thioether (sulfide) groups is 1. The molecule has 0 saturated carbocycles. The van der Waals surface area contributed by atoms with Gasteiger partial charge < -0.3 is 14.6 Å². The molecule has 0 aliphatic heterocycles. The number of carbonyl (C=O) groups is 1. The van der Waals surface area contributed by atoms with Gasteiger partial charge >= 0.3 is 0 Å². The van der Waals surface area contributed by atoms with Gasteiger partial charge in [-0.1, -0.05) is 23.4 Å². The van der Waals surface area contributed by atoms with Crippen LogP contribution in [0.25, 0.3) is 0 Å². The molecule has 3 aromatic rings. The SMILES string of the molecule is COc1ccc([C@@H](C)NC(=O)c2ccccc2SCc2cc(C)no2)cc1F. The highest BCUT2D eigenvalue weighted by Crippen LogP contribution is 2.27. The molecule has 1 aromatic heterocycles. The van der Waals surface area contributed by atoms with Crippen molar-refractivity contribution in [1.82, 2.24) is 10.5 Å². The predicted octanol–water partition coefficient (Wildman–Crippen LogP) is 4.91. The summed E-state index contributed by atoms with van der Waals surface area (Å²) in [5, 5.41) is 6.80. The van der Waals surface area contributed by atoms with Crippen LogP contribution in [0.2, 0.25) is 0 Å². The van der Waals surface area contributed by atoms with Gasteiger partial charge in [-0.3, -0.25) is 4.79 Å². The van der Waals surface area contributed by atoms with Crippen molar-refractivity contribution in [3.8, 4) is 5.75 Å². The fourth-order valence-electron chi connectivity index (χ4n) is 2.72. The molecule has 0 aliphatic carbocycles. The lowest BCUT2D eigenvalue weighted by molar-refractivity contribution is 0.0937. The van der Waals surface area contributed by atoms with Crippen molar-refractivity contribution >= 4 is 17.7 Å². The van der Waals surface area contributed by atoms with Crippen molar-refractivity contribution in [1.29, 1.82) is 0 Å². The summed E-state index contributed by atoms with van der Waals surface area (Å²) in [4.78, 5) is 13.6. The molecular weight excluding hydrogens is 379 g/mol. The summed E-state index contributed by atoms with van der Waals surface area (Å²) in [5.74, 6) is 0.816. The van der Waals surface area contributed by atoms with Crippen LogP contribution in [0, 0.1) is 12.7 Å². The van der Waals surface area contributed by atoms with Crippen LogP contribution in [0.4, 0.5) is 4.39 Å². The van der Waals surface area contributed by atoms with E-state index in [9.17, 15) is 9.18 Å². The van der Waals surface area contributed by atoms with Crippen LogP contribution < -0.4 is 10.1 Å². The maximum Gasteiger partial charge on any atom is 0.252 e. The number of benzene rings is 2. The first-order chi connectivity index (χ1) is 13.5. The van der Waals surface area contributed by atoms with Gasteiger partial charge in [-0.05, 0) is 43.7 Å². The summed E-state index contributed by atoms with van der Waals surface area (Å²) >= 11 is 1.50. The topological polar surface area (TPSA) is 64.4 Å². The van der Waals surface area contributed by atoms with Gasteiger partial charge in [0.2, 0.25) is 0 Å². The van der Waals surface area contributed by atoms with Gasteiger partial charge in [0.1, 0.15) is 5.76 Å². The highest BCUT2D eigenvalue weighted by molar-refractivity contribution is 7.98. The summed E-state index contributed by atoms with van der Waals surface area (Å²) in [7, 11) is 1.41. The average Bonchev–Trinajstić information content (AvgIpc) is 3.11. The zero-order valence-electron chi connectivity index (χ0n) is 15.9. The van der Waals surface area contributed by atoms with Crippen molar-refractivity contribution in [3.05, 3.63) is 76.9 Å². The van der Waals surface area contributed by atoms with Crippen LogP contribution in [-0.4, -0.2) is 18.2 Å². The molecule has 3 rings (SSSR count). The molecule has 0 unspecified atom stereocenters. The van der Waals surface area contributed by atoms with Gasteiger partial charge in [0.15, 0.2) is 11.6 Å². The molecule has 1 amide bonds. The number of ether oxygens (including phenoxy) is 1. The Morgan fingerprint density at radius 3 is 2.75 bits per heavy atom. The Balaban J connectivity index is 1.70. The van der Waals surface area contributed by atoms with E-state index in [4.69, 9.17) is 9.26 Å². The number of nitrogens with one attached hydrogen (secondary N) is 1. The molecule has 0 saturated heterocycles. The van der Waals surface area contributed by atoms with E-state index in [-0.39, 0.29) is 17.7 Å². The molecule has 1 N–H and O–H groups in total. The summed E-state index contributed by atoms with van der Waals surface area (Å²) in [5.41, 5.74) is 2.04. The number of rotatable bonds is 7. The molecule has 1 atom stereocenters. The zero-order valence-corrected chi connectivity index (χ0v) is 16.7. The largest absolute Gasteiger partial charge is 0.494 e. The Bertz CT molecular complexity index is 974. The van der Waals surface area contributed by atoms with Crippen LogP contribution in [-0.2, 0) is 5.75 Å². The van der Waals surface area contributed by atoms with E-state index in [1.54, 1.807) is 18.2 Å². The first kappa shape index (κ1) is 19.9. The smallest absolute Gasteiger partial charge is 0.252 e. The minimum Gasteiger partial charge on any atom is -0.494 e. The Labute approximate surface area is 167 Å². The van der Waals surface area contributed by atoms with Gasteiger partial charge in [0.25, 0.3) is 5.91 Å². The number of hydrogen-bond acceptors (Lipinski definition) is 5. The van der Waals surface area contributed by atoms with Crippen LogP contribution in [0.15, 0.2) is 57.9 Å². The summed E-state index contributed by atoms with van der Waals surface area (Å²) < 4.78 is 24.1. The minimum atomic E-state index is -0.459. The monoisotopic (exact) mass is 400 g/mol. The maximum absolute atomic E-state index is 13.9. The van der Waals surface area contributed by atoms with Crippen LogP contribution >= 0.6 is 11.8 Å². The number of amides is 1. The van der Waals surface area contributed by atoms with Crippen LogP contribution in [0.3, 0.4) is 0 Å². The lowest BCUT2D eigenvalue weighted by Gasteiger charge is -2.16. The second-order valence-corrected chi connectivity index (χ2v) is 7.33. The number of methoxy groups -OCH3 is 1. The quantitative estimate of drug-likeness (QED) is 0.571. The first-order valence-electron chi connectivity index (χ1n) is 8.76. The Morgan fingerprint density at radius 1 is 1.29 bits per heavy atom. The van der Waals surface area contributed by atoms with Crippen LogP contribution in [0.5, 0.6) is 5.75 Å². The molecule has 0 radical (unpaired) electrons. The molecule has 0 aliphatic rings. The number of hydrogen-bond donors (Lipinski definition) is 1. The second kappa shape index (κ2) is 8.93. The van der Waals surface area contributed by atoms with Crippen molar-refractivity contribution in [3.63, 3.8) is 0 Å². The van der Waals surface area contributed by atoms with E-state index < -0.39 is 5.82 Å². The number of carbonyl (C=O) groups excluding carboxylic acids is 1. The Kier molecular flexibility index (Phi) is 6.36. The zero-order chi connectivity index (χ0) is 20.1. The number of aryl methyl sites for hydroxylation is 1. The fraction of sp³-hybridized carbons (Fsp3) is 0.238. The molecule has 0 bridgehead atoms. The Morgan fingerprint density at radius 2 is 2.07 bits per heavy atom. The highest BCUT2D eigenvalue weighted by Gasteiger charge is 2.16. The lowest BCUT2D eigenvalue weighted by atomic mass is 10.1. The third-order valence-electron chi connectivity index (χ3n) is 4.20. The van der Waals surface area contributed by atoms with E-state index >= 15 is 0 Å². The second-order valence-electron chi connectivity index (χ2n) is 6.31. The fourth-order valence-corrected chi connectivity index (χ4v) is 3.65. The van der Waals surface area contributed by atoms with Crippen molar-refractivity contribution in [2.24, 2.45) is 0 Å². The molecule has 7 heteroatoms. The van der Waals surface area contributed by atoms with Gasteiger partial charge in [0.05, 0.1) is 30.2 Å². The summed E-state index contributed by atoms with van der Waals surface area (Å²) in [6.07, 6.45) is 0.